The first-order chi connectivity index (χ1) is 37.8. The van der Waals surface area contributed by atoms with Gasteiger partial charge in [0.1, 0.15) is 0 Å². The highest BCUT2D eigenvalue weighted by Crippen LogP contribution is 2.67. The van der Waals surface area contributed by atoms with E-state index in [0.29, 0.717) is 0 Å². The lowest BCUT2D eigenvalue weighted by atomic mass is 9.62. The molecule has 0 fully saturated rings. The summed E-state index contributed by atoms with van der Waals surface area (Å²) in [6.45, 7) is 0. The molecule has 0 N–H and O–H groups in total. The van der Waals surface area contributed by atoms with Gasteiger partial charge in [-0.15, -0.1) is 0 Å². The lowest BCUT2D eigenvalue weighted by molar-refractivity contribution is 0.457. The molecule has 2 nitrogen and oxygen atoms in total. The van der Waals surface area contributed by atoms with Crippen LogP contribution in [0.15, 0.2) is 297 Å². The minimum absolute atomic E-state index is 0.186. The fraction of sp³-hybridized carbons (Fsp3) is 0.0541. The maximum absolute atomic E-state index is 2.65. The van der Waals surface area contributed by atoms with Gasteiger partial charge in [-0.3, -0.25) is 0 Å². The van der Waals surface area contributed by atoms with Gasteiger partial charge in [-0.1, -0.05) is 255 Å². The molecule has 15 rings (SSSR count). The predicted molar refractivity (Wildman–Crippen MR) is 316 cm³/mol. The maximum Gasteiger partial charge on any atom is 0.0755 e. The Morgan fingerprint density at radius 3 is 1.47 bits per heavy atom. The quantitative estimate of drug-likeness (QED) is 0.150. The predicted octanol–water partition coefficient (Wildman–Crippen LogP) is 19.1. The monoisotopic (exact) mass is 968 g/mol. The first kappa shape index (κ1) is 44.0. The number of hydrogen-bond acceptors (Lipinski definition) is 2. The molecule has 76 heavy (non-hydrogen) atoms. The Kier molecular flexibility index (Phi) is 10.2. The summed E-state index contributed by atoms with van der Waals surface area (Å²) in [4.78, 5) is 5.12. The highest BCUT2D eigenvalue weighted by atomic mass is 15.2. The van der Waals surface area contributed by atoms with Crippen molar-refractivity contribution in [2.24, 2.45) is 5.92 Å². The minimum Gasteiger partial charge on any atom is -0.310 e. The van der Waals surface area contributed by atoms with E-state index in [1.54, 1.807) is 0 Å². The van der Waals surface area contributed by atoms with Gasteiger partial charge in [0.25, 0.3) is 0 Å². The number of fused-ring (bicyclic) bond motifs is 12. The van der Waals surface area contributed by atoms with Gasteiger partial charge in [-0.2, -0.15) is 0 Å². The van der Waals surface area contributed by atoms with Crippen LogP contribution in [0.4, 0.5) is 34.1 Å². The van der Waals surface area contributed by atoms with E-state index in [2.05, 4.69) is 307 Å². The van der Waals surface area contributed by atoms with E-state index in [-0.39, 0.29) is 5.92 Å². The Hall–Kier alpha value is -9.50. The molecule has 0 radical (unpaired) electrons. The molecule has 358 valence electrons. The Labute approximate surface area is 445 Å². The summed E-state index contributed by atoms with van der Waals surface area (Å²) in [7, 11) is 0. The van der Waals surface area contributed by atoms with Crippen LogP contribution in [0.3, 0.4) is 0 Å². The molecule has 3 aliphatic carbocycles. The third kappa shape index (κ3) is 6.22. The standard InChI is InChI=1S/C74H52N2/c1-5-27-51(28-6-1)55-35-13-14-36-56(55)57-37-17-22-46-66(57)76(69-49-25-44-64-71(69)58-38-15-18-40-60(58)73(64,52-29-7-2-8-30-52)53-31-9-3-10-32-53)70-50-26-45-65-72(70)59-39-16-19-41-61(59)74(65)62-42-20-23-47-67(62)75(54-33-11-4-12-34-54)68-48-24-21-43-63(68)74/h1-31,33-50,53H,32H2. The molecule has 4 aliphatic rings. The Morgan fingerprint density at radius 1 is 0.342 bits per heavy atom. The molecule has 11 aromatic carbocycles. The minimum atomic E-state index is -0.639. The van der Waals surface area contributed by atoms with Crippen LogP contribution < -0.4 is 9.80 Å². The Morgan fingerprint density at radius 2 is 0.816 bits per heavy atom. The molecule has 1 heterocycles. The van der Waals surface area contributed by atoms with Crippen molar-refractivity contribution in [1.82, 2.24) is 0 Å². The lowest BCUT2D eigenvalue weighted by Gasteiger charge is -2.45. The maximum atomic E-state index is 2.65. The number of anilines is 6. The van der Waals surface area contributed by atoms with E-state index < -0.39 is 10.8 Å². The first-order valence-corrected chi connectivity index (χ1v) is 26.7. The molecule has 1 spiro atoms. The summed E-state index contributed by atoms with van der Waals surface area (Å²) in [5.74, 6) is 0.186. The zero-order valence-electron chi connectivity index (χ0n) is 42.0. The zero-order chi connectivity index (χ0) is 50.2. The van der Waals surface area contributed by atoms with Gasteiger partial charge < -0.3 is 9.80 Å². The molecular formula is C74H52N2. The summed E-state index contributed by atoms with van der Waals surface area (Å²) in [5, 5.41) is 0. The van der Waals surface area contributed by atoms with E-state index in [0.717, 1.165) is 34.7 Å². The van der Waals surface area contributed by atoms with Crippen LogP contribution in [0.25, 0.3) is 44.5 Å². The summed E-state index contributed by atoms with van der Waals surface area (Å²) >= 11 is 0. The van der Waals surface area contributed by atoms with E-state index in [9.17, 15) is 0 Å². The number of hydrogen-bond donors (Lipinski definition) is 0. The third-order valence-corrected chi connectivity index (χ3v) is 16.9. The third-order valence-electron chi connectivity index (χ3n) is 16.9. The van der Waals surface area contributed by atoms with Gasteiger partial charge in [0.05, 0.1) is 39.3 Å². The van der Waals surface area contributed by atoms with Crippen molar-refractivity contribution in [2.75, 3.05) is 9.80 Å². The van der Waals surface area contributed by atoms with Crippen LogP contribution >= 0.6 is 0 Å². The zero-order valence-corrected chi connectivity index (χ0v) is 42.0. The van der Waals surface area contributed by atoms with Crippen molar-refractivity contribution >= 4 is 34.1 Å². The number of rotatable bonds is 8. The largest absolute Gasteiger partial charge is 0.310 e. The Bertz CT molecular complexity index is 4070. The number of allylic oxidation sites excluding steroid dienone is 4. The van der Waals surface area contributed by atoms with Crippen molar-refractivity contribution < 1.29 is 0 Å². The molecule has 0 amide bonds. The van der Waals surface area contributed by atoms with Crippen molar-refractivity contribution in [2.45, 2.75) is 17.3 Å². The molecule has 0 saturated carbocycles. The van der Waals surface area contributed by atoms with Gasteiger partial charge >= 0.3 is 0 Å². The molecule has 1 aliphatic heterocycles. The molecule has 11 aromatic rings. The molecule has 2 heteroatoms. The van der Waals surface area contributed by atoms with Crippen molar-refractivity contribution in [3.8, 4) is 44.5 Å². The van der Waals surface area contributed by atoms with E-state index in [1.165, 1.54) is 89.3 Å². The number of benzene rings is 11. The summed E-state index contributed by atoms with van der Waals surface area (Å²) in [6.07, 6.45) is 10.2. The second kappa shape index (κ2) is 17.6. The second-order valence-corrected chi connectivity index (χ2v) is 20.5. The topological polar surface area (TPSA) is 6.48 Å². The van der Waals surface area contributed by atoms with Crippen molar-refractivity contribution in [1.29, 1.82) is 0 Å². The van der Waals surface area contributed by atoms with Crippen molar-refractivity contribution in [3.05, 3.63) is 336 Å². The van der Waals surface area contributed by atoms with Crippen LogP contribution in [-0.2, 0) is 10.8 Å². The van der Waals surface area contributed by atoms with Gasteiger partial charge in [0.15, 0.2) is 0 Å². The summed E-state index contributed by atoms with van der Waals surface area (Å²) in [6, 6.07) is 102. The van der Waals surface area contributed by atoms with Crippen LogP contribution in [0.1, 0.15) is 45.4 Å². The SMILES string of the molecule is C1=CCC(C2(c3ccccc3)c3ccccc3-c3c(N(c4ccccc4-c4ccccc4-c4ccccc4)c4cccc5c4-c4ccccc4C54c5ccccc5N(c5ccccc5)c5ccccc54)cccc32)C=C1. The lowest BCUT2D eigenvalue weighted by Crippen LogP contribution is -2.36. The van der Waals surface area contributed by atoms with E-state index >= 15 is 0 Å². The average molecular weight is 969 g/mol. The molecule has 2 atom stereocenters. The molecule has 0 aromatic heterocycles. The molecule has 2 unspecified atom stereocenters. The summed E-state index contributed by atoms with van der Waals surface area (Å²) < 4.78 is 0. The van der Waals surface area contributed by atoms with Gasteiger partial charge in [-0.25, -0.2) is 0 Å². The first-order valence-electron chi connectivity index (χ1n) is 26.7. The average Bonchev–Trinajstić information content (AvgIpc) is 4.21. The van der Waals surface area contributed by atoms with Crippen LogP contribution in [0.5, 0.6) is 0 Å². The molecule has 0 bridgehead atoms. The highest BCUT2D eigenvalue weighted by Gasteiger charge is 2.54. The fourth-order valence-corrected chi connectivity index (χ4v) is 14.1. The van der Waals surface area contributed by atoms with Crippen LogP contribution in [0, 0.1) is 5.92 Å². The highest BCUT2D eigenvalue weighted by molar-refractivity contribution is 6.06. The van der Waals surface area contributed by atoms with Gasteiger partial charge in [0, 0.05) is 22.4 Å². The second-order valence-electron chi connectivity index (χ2n) is 20.5. The van der Waals surface area contributed by atoms with Crippen LogP contribution in [-0.4, -0.2) is 0 Å². The van der Waals surface area contributed by atoms with Crippen molar-refractivity contribution in [3.63, 3.8) is 0 Å². The van der Waals surface area contributed by atoms with Gasteiger partial charge in [0.2, 0.25) is 0 Å². The number of nitrogens with zero attached hydrogens (tertiary/aromatic N) is 2. The van der Waals surface area contributed by atoms with Gasteiger partial charge in [-0.05, 0) is 122 Å². The number of para-hydroxylation sites is 4. The molecule has 0 saturated heterocycles. The van der Waals surface area contributed by atoms with E-state index in [4.69, 9.17) is 0 Å². The molecular weight excluding hydrogens is 917 g/mol. The Balaban J connectivity index is 1.06. The van der Waals surface area contributed by atoms with E-state index in [1.807, 2.05) is 0 Å². The van der Waals surface area contributed by atoms with Crippen LogP contribution in [0.2, 0.25) is 0 Å². The fourth-order valence-electron chi connectivity index (χ4n) is 14.1. The smallest absolute Gasteiger partial charge is 0.0755 e. The summed E-state index contributed by atoms with van der Waals surface area (Å²) in [5.41, 5.74) is 24.6. The normalized spacial score (nSPS) is 16.8.